The molecule has 0 aliphatic carbocycles. The fraction of sp³-hybridized carbons (Fsp3) is 0.240. The summed E-state index contributed by atoms with van der Waals surface area (Å²) in [5.41, 5.74) is 3.96. The van der Waals surface area contributed by atoms with Crippen molar-refractivity contribution in [3.63, 3.8) is 0 Å². The van der Waals surface area contributed by atoms with Gasteiger partial charge in [0.2, 0.25) is 5.89 Å². The molecule has 0 amide bonds. The van der Waals surface area contributed by atoms with Crippen molar-refractivity contribution in [2.75, 3.05) is 0 Å². The molecule has 0 saturated heterocycles. The number of aliphatic hydroxyl groups is 1. The second-order valence-corrected chi connectivity index (χ2v) is 9.08. The molecule has 0 bridgehead atoms. The molecule has 2 heterocycles. The van der Waals surface area contributed by atoms with Gasteiger partial charge in [-0.2, -0.15) is 0 Å². The first-order valence-corrected chi connectivity index (χ1v) is 10.5. The minimum absolute atomic E-state index is 0.419. The van der Waals surface area contributed by atoms with Gasteiger partial charge in [0.25, 0.3) is 0 Å². The second-order valence-electron chi connectivity index (χ2n) is 9.08. The van der Waals surface area contributed by atoms with E-state index in [1.807, 2.05) is 56.3 Å². The van der Waals surface area contributed by atoms with Crippen LogP contribution < -0.4 is 5.46 Å². The van der Waals surface area contributed by atoms with Crippen LogP contribution in [0.5, 0.6) is 0 Å². The van der Waals surface area contributed by atoms with E-state index in [1.54, 1.807) is 13.8 Å². The van der Waals surface area contributed by atoms with E-state index >= 15 is 0 Å². The summed E-state index contributed by atoms with van der Waals surface area (Å²) in [6.45, 7) is 7.34. The van der Waals surface area contributed by atoms with E-state index in [0.717, 1.165) is 43.9 Å². The van der Waals surface area contributed by atoms with E-state index in [0.29, 0.717) is 13.4 Å². The molecular formula is C25H25BN2O3. The van der Waals surface area contributed by atoms with E-state index in [9.17, 15) is 5.11 Å². The number of oxazole rings is 1. The number of nitrogens with one attached hydrogen (secondary N) is 1. The quantitative estimate of drug-likeness (QED) is 0.412. The van der Waals surface area contributed by atoms with Crippen molar-refractivity contribution in [2.24, 2.45) is 0 Å². The minimum atomic E-state index is -0.938. The Balaban J connectivity index is 1.55. The minimum Gasteiger partial charge on any atom is -0.434 e. The maximum Gasteiger partial charge on any atom is 0.309 e. The molecule has 5 aromatic rings. The van der Waals surface area contributed by atoms with Crippen LogP contribution in [0.2, 0.25) is 0 Å². The lowest BCUT2D eigenvalue weighted by molar-refractivity contribution is -0.0893. The lowest BCUT2D eigenvalue weighted by Gasteiger charge is -2.37. The van der Waals surface area contributed by atoms with Crippen LogP contribution in [0, 0.1) is 0 Å². The molecule has 0 saturated carbocycles. The summed E-state index contributed by atoms with van der Waals surface area (Å²) in [5.74, 6) is 0.615. The van der Waals surface area contributed by atoms with Crippen molar-refractivity contribution in [3.8, 4) is 11.5 Å². The van der Waals surface area contributed by atoms with Crippen LogP contribution in [0.4, 0.5) is 0 Å². The van der Waals surface area contributed by atoms with Gasteiger partial charge in [0, 0.05) is 21.9 Å². The van der Waals surface area contributed by atoms with Crippen LogP contribution in [-0.2, 0) is 4.65 Å². The summed E-state index contributed by atoms with van der Waals surface area (Å²) in [6, 6.07) is 20.2. The van der Waals surface area contributed by atoms with Crippen LogP contribution in [0.1, 0.15) is 27.7 Å². The van der Waals surface area contributed by atoms with Crippen molar-refractivity contribution in [2.45, 2.75) is 38.9 Å². The highest BCUT2D eigenvalue weighted by molar-refractivity contribution is 6.47. The maximum absolute atomic E-state index is 10.3. The Labute approximate surface area is 181 Å². The van der Waals surface area contributed by atoms with Crippen molar-refractivity contribution >= 4 is 45.9 Å². The molecule has 2 aromatic heterocycles. The molecule has 5 nitrogen and oxygen atoms in total. The highest BCUT2D eigenvalue weighted by atomic mass is 16.5. The predicted molar refractivity (Wildman–Crippen MR) is 127 cm³/mol. The molecule has 2 N–H and O–H groups in total. The smallest absolute Gasteiger partial charge is 0.309 e. The topological polar surface area (TPSA) is 71.3 Å². The van der Waals surface area contributed by atoms with Gasteiger partial charge in [-0.15, -0.1) is 0 Å². The van der Waals surface area contributed by atoms with Gasteiger partial charge in [-0.3, -0.25) is 0 Å². The number of aromatic nitrogens is 2. The molecule has 156 valence electrons. The summed E-state index contributed by atoms with van der Waals surface area (Å²) < 4.78 is 12.2. The zero-order valence-electron chi connectivity index (χ0n) is 18.2. The molecule has 6 heteroatoms. The van der Waals surface area contributed by atoms with Gasteiger partial charge in [0.05, 0.1) is 16.7 Å². The van der Waals surface area contributed by atoms with Gasteiger partial charge in [-0.1, -0.05) is 35.8 Å². The van der Waals surface area contributed by atoms with Crippen LogP contribution in [-0.4, -0.2) is 33.8 Å². The van der Waals surface area contributed by atoms with Gasteiger partial charge in [0.1, 0.15) is 5.52 Å². The maximum atomic E-state index is 10.3. The number of aromatic amines is 1. The third-order valence-electron chi connectivity index (χ3n) is 6.29. The first-order chi connectivity index (χ1) is 14.7. The number of fused-ring (bicyclic) bond motifs is 5. The highest BCUT2D eigenvalue weighted by Crippen LogP contribution is 2.33. The average Bonchev–Trinajstić information content (AvgIpc) is 3.33. The molecule has 0 radical (unpaired) electrons. The molecule has 0 unspecified atom stereocenters. The lowest BCUT2D eigenvalue weighted by Crippen LogP contribution is -2.49. The Morgan fingerprint density at radius 2 is 1.74 bits per heavy atom. The third kappa shape index (κ3) is 3.42. The standard InChI is InChI=1S/C25H25BN2O3/c1-24(2,29)25(3,4)31-26-16-10-12-19-18(14-16)17-11-13-20-22(21(17)27-19)30-23(28-20)15-8-6-5-7-9-15/h5-14,26-27,29H,1-4H3. The Kier molecular flexibility index (Phi) is 4.47. The number of rotatable bonds is 5. The molecule has 0 aliphatic heterocycles. The summed E-state index contributed by atoms with van der Waals surface area (Å²) in [7, 11) is 0.419. The summed E-state index contributed by atoms with van der Waals surface area (Å²) in [6.07, 6.45) is 0. The van der Waals surface area contributed by atoms with E-state index in [1.165, 1.54) is 0 Å². The first-order valence-electron chi connectivity index (χ1n) is 10.5. The summed E-state index contributed by atoms with van der Waals surface area (Å²) in [5, 5.41) is 12.5. The van der Waals surface area contributed by atoms with Crippen molar-refractivity contribution < 1.29 is 14.2 Å². The van der Waals surface area contributed by atoms with Gasteiger partial charge in [0.15, 0.2) is 5.58 Å². The molecule has 0 atom stereocenters. The number of hydrogen-bond donors (Lipinski definition) is 2. The van der Waals surface area contributed by atoms with Gasteiger partial charge in [-0.05, 0) is 58.0 Å². The molecule has 0 aliphatic rings. The zero-order chi connectivity index (χ0) is 21.8. The number of H-pyrrole nitrogens is 1. The third-order valence-corrected chi connectivity index (χ3v) is 6.29. The molecule has 3 aromatic carbocycles. The molecular weight excluding hydrogens is 387 g/mol. The van der Waals surface area contributed by atoms with Crippen molar-refractivity contribution in [3.05, 3.63) is 60.7 Å². The van der Waals surface area contributed by atoms with Crippen LogP contribution >= 0.6 is 0 Å². The van der Waals surface area contributed by atoms with E-state index in [4.69, 9.17) is 9.07 Å². The monoisotopic (exact) mass is 412 g/mol. The van der Waals surface area contributed by atoms with Crippen LogP contribution in [0.3, 0.4) is 0 Å². The zero-order valence-corrected chi connectivity index (χ0v) is 18.2. The average molecular weight is 412 g/mol. The van der Waals surface area contributed by atoms with Crippen LogP contribution in [0.15, 0.2) is 65.1 Å². The normalized spacial score (nSPS) is 12.8. The number of nitrogens with zero attached hydrogens (tertiary/aromatic N) is 1. The van der Waals surface area contributed by atoms with Gasteiger partial charge in [-0.25, -0.2) is 4.98 Å². The van der Waals surface area contributed by atoms with Gasteiger partial charge < -0.3 is 19.2 Å². The van der Waals surface area contributed by atoms with Crippen molar-refractivity contribution in [1.82, 2.24) is 9.97 Å². The Bertz CT molecular complexity index is 1390. The highest BCUT2D eigenvalue weighted by Gasteiger charge is 2.35. The summed E-state index contributed by atoms with van der Waals surface area (Å²) >= 11 is 0. The second kappa shape index (κ2) is 6.97. The Morgan fingerprint density at radius 3 is 2.48 bits per heavy atom. The number of hydrogen-bond acceptors (Lipinski definition) is 4. The fourth-order valence-corrected chi connectivity index (χ4v) is 3.63. The fourth-order valence-electron chi connectivity index (χ4n) is 3.63. The molecule has 0 spiro atoms. The van der Waals surface area contributed by atoms with Crippen molar-refractivity contribution in [1.29, 1.82) is 0 Å². The molecule has 0 fully saturated rings. The SMILES string of the molecule is CC(C)(O)C(C)(C)OBc1ccc2[nH]c3c(ccc4nc(-c5ccccc5)oc43)c2c1. The Morgan fingerprint density at radius 1 is 0.968 bits per heavy atom. The first kappa shape index (κ1) is 19.9. The summed E-state index contributed by atoms with van der Waals surface area (Å²) in [4.78, 5) is 8.16. The van der Waals surface area contributed by atoms with E-state index in [-0.39, 0.29) is 0 Å². The van der Waals surface area contributed by atoms with Gasteiger partial charge >= 0.3 is 7.48 Å². The Hall–Kier alpha value is -3.09. The molecule has 5 rings (SSSR count). The number of benzene rings is 3. The van der Waals surface area contributed by atoms with E-state index < -0.39 is 11.2 Å². The largest absolute Gasteiger partial charge is 0.434 e. The molecule has 31 heavy (non-hydrogen) atoms. The lowest BCUT2D eigenvalue weighted by atomic mass is 9.82. The van der Waals surface area contributed by atoms with Crippen LogP contribution in [0.25, 0.3) is 44.4 Å². The predicted octanol–water partition coefficient (Wildman–Crippen LogP) is 4.67. The van der Waals surface area contributed by atoms with E-state index in [2.05, 4.69) is 28.2 Å².